The van der Waals surface area contributed by atoms with Gasteiger partial charge in [0.15, 0.2) is 0 Å². The SMILES string of the molecule is Cc1ccc(F)cc1CCc1ccc2nccn2c1C(=O)O. The molecule has 0 saturated carbocycles. The number of carbonyl (C=O) groups is 1. The molecule has 0 bridgehead atoms. The van der Waals surface area contributed by atoms with Crippen molar-refractivity contribution >= 4 is 11.6 Å². The van der Waals surface area contributed by atoms with Crippen LogP contribution in [0.2, 0.25) is 0 Å². The van der Waals surface area contributed by atoms with Gasteiger partial charge in [0, 0.05) is 12.4 Å². The molecule has 5 heteroatoms. The largest absolute Gasteiger partial charge is 0.477 e. The van der Waals surface area contributed by atoms with Crippen LogP contribution in [0.4, 0.5) is 4.39 Å². The quantitative estimate of drug-likeness (QED) is 0.804. The number of hydrogen-bond donors (Lipinski definition) is 1. The maximum atomic E-state index is 13.3. The second-order valence-electron chi connectivity index (χ2n) is 5.24. The highest BCUT2D eigenvalue weighted by Crippen LogP contribution is 2.18. The van der Waals surface area contributed by atoms with E-state index in [0.717, 1.165) is 11.1 Å². The molecule has 2 aromatic heterocycles. The smallest absolute Gasteiger partial charge is 0.353 e. The van der Waals surface area contributed by atoms with Crippen LogP contribution in [-0.4, -0.2) is 20.5 Å². The van der Waals surface area contributed by atoms with Gasteiger partial charge in [0.05, 0.1) is 0 Å². The van der Waals surface area contributed by atoms with Crippen LogP contribution < -0.4 is 0 Å². The van der Waals surface area contributed by atoms with Gasteiger partial charge in [-0.2, -0.15) is 0 Å². The van der Waals surface area contributed by atoms with Gasteiger partial charge in [-0.05, 0) is 54.7 Å². The molecule has 4 nitrogen and oxygen atoms in total. The highest BCUT2D eigenvalue weighted by molar-refractivity contribution is 5.88. The summed E-state index contributed by atoms with van der Waals surface area (Å²) in [6, 6.07) is 8.24. The summed E-state index contributed by atoms with van der Waals surface area (Å²) < 4.78 is 14.9. The summed E-state index contributed by atoms with van der Waals surface area (Å²) in [6.45, 7) is 1.92. The molecule has 0 unspecified atom stereocenters. The highest BCUT2D eigenvalue weighted by Gasteiger charge is 2.15. The number of benzene rings is 1. The Morgan fingerprint density at radius 1 is 1.23 bits per heavy atom. The molecule has 0 amide bonds. The number of nitrogens with zero attached hydrogens (tertiary/aromatic N) is 2. The van der Waals surface area contributed by atoms with Crippen molar-refractivity contribution in [3.63, 3.8) is 0 Å². The second kappa shape index (κ2) is 5.60. The Labute approximate surface area is 126 Å². The molecule has 1 aromatic carbocycles. The van der Waals surface area contributed by atoms with Gasteiger partial charge in [-0.25, -0.2) is 14.2 Å². The van der Waals surface area contributed by atoms with Gasteiger partial charge in [0.2, 0.25) is 0 Å². The monoisotopic (exact) mass is 298 g/mol. The average Bonchev–Trinajstić information content (AvgIpc) is 2.95. The molecule has 0 atom stereocenters. The number of fused-ring (bicyclic) bond motifs is 1. The maximum Gasteiger partial charge on any atom is 0.353 e. The normalized spacial score (nSPS) is 11.0. The lowest BCUT2D eigenvalue weighted by molar-refractivity contribution is 0.0687. The van der Waals surface area contributed by atoms with E-state index in [1.54, 1.807) is 35.0 Å². The third-order valence-electron chi connectivity index (χ3n) is 3.83. The first-order chi connectivity index (χ1) is 10.6. The van der Waals surface area contributed by atoms with Gasteiger partial charge < -0.3 is 5.11 Å². The number of imidazole rings is 1. The summed E-state index contributed by atoms with van der Waals surface area (Å²) in [6.07, 6.45) is 4.32. The minimum absolute atomic E-state index is 0.212. The fourth-order valence-electron chi connectivity index (χ4n) is 2.66. The van der Waals surface area contributed by atoms with Crippen LogP contribution in [0.1, 0.15) is 27.2 Å². The standard InChI is InChI=1S/C17H15FN2O2/c1-11-2-6-14(18)10-13(11)4-3-12-5-7-15-19-8-9-20(15)16(12)17(21)22/h2,5-10H,3-4H2,1H3,(H,21,22). The van der Waals surface area contributed by atoms with Gasteiger partial charge in [-0.1, -0.05) is 12.1 Å². The Kier molecular flexibility index (Phi) is 3.63. The van der Waals surface area contributed by atoms with Crippen molar-refractivity contribution < 1.29 is 14.3 Å². The van der Waals surface area contributed by atoms with E-state index < -0.39 is 5.97 Å². The number of pyridine rings is 1. The van der Waals surface area contributed by atoms with Gasteiger partial charge in [-0.15, -0.1) is 0 Å². The molecular weight excluding hydrogens is 283 g/mol. The molecular formula is C17H15FN2O2. The predicted molar refractivity (Wildman–Crippen MR) is 80.7 cm³/mol. The Morgan fingerprint density at radius 3 is 2.77 bits per heavy atom. The van der Waals surface area contributed by atoms with E-state index in [-0.39, 0.29) is 11.5 Å². The van der Waals surface area contributed by atoms with Gasteiger partial charge in [0.25, 0.3) is 0 Å². The van der Waals surface area contributed by atoms with Crippen molar-refractivity contribution in [3.05, 3.63) is 70.9 Å². The zero-order chi connectivity index (χ0) is 15.7. The molecule has 0 saturated heterocycles. The topological polar surface area (TPSA) is 54.6 Å². The van der Waals surface area contributed by atoms with Crippen LogP contribution in [0.3, 0.4) is 0 Å². The van der Waals surface area contributed by atoms with Crippen molar-refractivity contribution in [2.75, 3.05) is 0 Å². The summed E-state index contributed by atoms with van der Waals surface area (Å²) >= 11 is 0. The molecule has 1 N–H and O–H groups in total. The van der Waals surface area contributed by atoms with Crippen molar-refractivity contribution in [1.29, 1.82) is 0 Å². The third-order valence-corrected chi connectivity index (χ3v) is 3.83. The molecule has 0 aliphatic carbocycles. The summed E-state index contributed by atoms with van der Waals surface area (Å²) in [7, 11) is 0. The Morgan fingerprint density at radius 2 is 2.00 bits per heavy atom. The molecule has 3 rings (SSSR count). The van der Waals surface area contributed by atoms with Crippen LogP contribution in [0.25, 0.3) is 5.65 Å². The Hall–Kier alpha value is -2.69. The summed E-state index contributed by atoms with van der Waals surface area (Å²) in [4.78, 5) is 15.7. The minimum atomic E-state index is -0.991. The van der Waals surface area contributed by atoms with Crippen molar-refractivity contribution in [2.24, 2.45) is 0 Å². The van der Waals surface area contributed by atoms with E-state index in [9.17, 15) is 14.3 Å². The maximum absolute atomic E-state index is 13.3. The molecule has 2 heterocycles. The fraction of sp³-hybridized carbons (Fsp3) is 0.176. The third kappa shape index (κ3) is 2.57. The first-order valence-corrected chi connectivity index (χ1v) is 6.99. The molecule has 0 spiro atoms. The fourth-order valence-corrected chi connectivity index (χ4v) is 2.66. The Balaban J connectivity index is 1.95. The van der Waals surface area contributed by atoms with Gasteiger partial charge in [0.1, 0.15) is 17.2 Å². The van der Waals surface area contributed by atoms with Crippen LogP contribution in [0.5, 0.6) is 0 Å². The first kappa shape index (κ1) is 14.3. The van der Waals surface area contributed by atoms with Gasteiger partial charge in [-0.3, -0.25) is 4.40 Å². The average molecular weight is 298 g/mol. The first-order valence-electron chi connectivity index (χ1n) is 6.99. The number of halogens is 1. The van der Waals surface area contributed by atoms with E-state index >= 15 is 0 Å². The minimum Gasteiger partial charge on any atom is -0.477 e. The number of aryl methyl sites for hydroxylation is 3. The van der Waals surface area contributed by atoms with Crippen LogP contribution >= 0.6 is 0 Å². The molecule has 0 radical (unpaired) electrons. The second-order valence-corrected chi connectivity index (χ2v) is 5.24. The van der Waals surface area contributed by atoms with E-state index in [1.165, 1.54) is 12.1 Å². The number of hydrogen-bond acceptors (Lipinski definition) is 2. The van der Waals surface area contributed by atoms with E-state index in [2.05, 4.69) is 4.98 Å². The van der Waals surface area contributed by atoms with Crippen molar-refractivity contribution in [1.82, 2.24) is 9.38 Å². The van der Waals surface area contributed by atoms with E-state index in [0.29, 0.717) is 24.1 Å². The predicted octanol–water partition coefficient (Wildman–Crippen LogP) is 3.27. The zero-order valence-corrected chi connectivity index (χ0v) is 12.1. The number of rotatable bonds is 4. The van der Waals surface area contributed by atoms with E-state index in [4.69, 9.17) is 0 Å². The number of carboxylic acids is 1. The lowest BCUT2D eigenvalue weighted by Gasteiger charge is -2.10. The molecule has 0 aliphatic rings. The Bertz CT molecular complexity index is 855. The van der Waals surface area contributed by atoms with Crippen molar-refractivity contribution in [3.8, 4) is 0 Å². The molecule has 22 heavy (non-hydrogen) atoms. The number of carboxylic acid groups (broad SMARTS) is 1. The molecule has 0 aliphatic heterocycles. The van der Waals surface area contributed by atoms with E-state index in [1.807, 2.05) is 6.92 Å². The zero-order valence-electron chi connectivity index (χ0n) is 12.1. The molecule has 0 fully saturated rings. The van der Waals surface area contributed by atoms with Crippen molar-refractivity contribution in [2.45, 2.75) is 19.8 Å². The summed E-state index contributed by atoms with van der Waals surface area (Å²) in [5.74, 6) is -1.27. The molecule has 112 valence electrons. The highest BCUT2D eigenvalue weighted by atomic mass is 19.1. The molecule has 3 aromatic rings. The van der Waals surface area contributed by atoms with Crippen LogP contribution in [0, 0.1) is 12.7 Å². The van der Waals surface area contributed by atoms with Crippen LogP contribution in [-0.2, 0) is 12.8 Å². The summed E-state index contributed by atoms with van der Waals surface area (Å²) in [5, 5.41) is 9.47. The van der Waals surface area contributed by atoms with Crippen LogP contribution in [0.15, 0.2) is 42.7 Å². The summed E-state index contributed by atoms with van der Waals surface area (Å²) in [5.41, 5.74) is 3.41. The lowest BCUT2D eigenvalue weighted by Crippen LogP contribution is -2.10. The van der Waals surface area contributed by atoms with Gasteiger partial charge >= 0.3 is 5.97 Å². The number of aromatic carboxylic acids is 1. The lowest BCUT2D eigenvalue weighted by atomic mass is 9.99. The number of aromatic nitrogens is 2.